The summed E-state index contributed by atoms with van der Waals surface area (Å²) in [7, 11) is -3.58. The number of hydrogen-bond donors (Lipinski definition) is 1. The molecule has 10 heteroatoms. The molecule has 7 nitrogen and oxygen atoms in total. The summed E-state index contributed by atoms with van der Waals surface area (Å²) in [5.74, 6) is -0.187. The number of sulfonamides is 1. The van der Waals surface area contributed by atoms with Gasteiger partial charge in [0.2, 0.25) is 10.0 Å². The number of halogens is 1. The van der Waals surface area contributed by atoms with E-state index in [0.717, 1.165) is 15.0 Å². The molecule has 1 aliphatic rings. The topological polar surface area (TPSA) is 92.5 Å². The van der Waals surface area contributed by atoms with Gasteiger partial charge < -0.3 is 4.42 Å². The molecule has 3 aromatic rings. The molecule has 0 saturated heterocycles. The number of carbonyl (C=O) groups is 1. The van der Waals surface area contributed by atoms with Crippen LogP contribution >= 0.6 is 27.3 Å². The van der Waals surface area contributed by atoms with E-state index >= 15 is 0 Å². The summed E-state index contributed by atoms with van der Waals surface area (Å²) >= 11 is 4.59. The lowest BCUT2D eigenvalue weighted by Gasteiger charge is -2.25. The Bertz CT molecular complexity index is 1080. The number of anilines is 1. The summed E-state index contributed by atoms with van der Waals surface area (Å²) in [6.07, 6.45) is 1.92. The van der Waals surface area contributed by atoms with E-state index in [-0.39, 0.29) is 23.1 Å². The molecule has 0 saturated carbocycles. The van der Waals surface area contributed by atoms with Gasteiger partial charge in [0.25, 0.3) is 5.91 Å². The lowest BCUT2D eigenvalue weighted by molar-refractivity contribution is 0.0996. The first kappa shape index (κ1) is 18.4. The quantitative estimate of drug-likeness (QED) is 0.633. The highest BCUT2D eigenvalue weighted by Gasteiger charge is 2.30. The average molecular weight is 468 g/mol. The van der Waals surface area contributed by atoms with E-state index in [9.17, 15) is 13.2 Å². The fourth-order valence-corrected chi connectivity index (χ4v) is 5.53. The highest BCUT2D eigenvalue weighted by atomic mass is 79.9. The van der Waals surface area contributed by atoms with E-state index in [1.165, 1.54) is 21.9 Å². The number of nitrogens with one attached hydrogen (secondary N) is 1. The molecule has 4 rings (SSSR count). The second-order valence-electron chi connectivity index (χ2n) is 5.86. The van der Waals surface area contributed by atoms with Crippen molar-refractivity contribution < 1.29 is 17.6 Å². The maximum absolute atomic E-state index is 12.9. The predicted octanol–water partition coefficient (Wildman–Crippen LogP) is 3.50. The molecular formula is C17H14BrN3O4S2. The van der Waals surface area contributed by atoms with Crippen LogP contribution in [0.1, 0.15) is 21.1 Å². The zero-order valence-electron chi connectivity index (χ0n) is 13.9. The van der Waals surface area contributed by atoms with Crippen LogP contribution in [0, 0.1) is 0 Å². The summed E-state index contributed by atoms with van der Waals surface area (Å²) in [6.45, 7) is 0.586. The van der Waals surface area contributed by atoms with Crippen LogP contribution in [0.5, 0.6) is 0 Å². The molecular weight excluding hydrogens is 454 g/mol. The third-order valence-corrected chi connectivity index (χ3v) is 7.50. The van der Waals surface area contributed by atoms with Crippen molar-refractivity contribution in [3.8, 4) is 0 Å². The second-order valence-corrected chi connectivity index (χ2v) is 9.80. The van der Waals surface area contributed by atoms with Gasteiger partial charge in [0.15, 0.2) is 10.9 Å². The maximum atomic E-state index is 12.9. The Hall–Kier alpha value is -2.01. The van der Waals surface area contributed by atoms with Gasteiger partial charge in [0, 0.05) is 22.3 Å². The molecule has 140 valence electrons. The second kappa shape index (κ2) is 7.19. The number of hydrogen-bond acceptors (Lipinski definition) is 6. The normalized spacial score (nSPS) is 14.7. The lowest BCUT2D eigenvalue weighted by atomic mass is 10.2. The van der Waals surface area contributed by atoms with E-state index in [0.29, 0.717) is 18.1 Å². The number of carbonyl (C=O) groups excluding carboxylic acids is 1. The summed E-state index contributed by atoms with van der Waals surface area (Å²) in [4.78, 5) is 17.6. The zero-order chi connectivity index (χ0) is 19.0. The SMILES string of the molecule is O=C(Nc1nc2c(s1)CN(S(=O)(=O)c1ccc(Br)cc1)CC2)c1ccco1. The van der Waals surface area contributed by atoms with E-state index in [1.54, 1.807) is 36.4 Å². The third kappa shape index (κ3) is 3.70. The van der Waals surface area contributed by atoms with Gasteiger partial charge in [-0.1, -0.05) is 15.9 Å². The highest BCUT2D eigenvalue weighted by molar-refractivity contribution is 9.10. The number of fused-ring (bicyclic) bond motifs is 1. The van der Waals surface area contributed by atoms with Gasteiger partial charge in [0.1, 0.15) is 0 Å². The molecule has 2 aromatic heterocycles. The van der Waals surface area contributed by atoms with Crippen molar-refractivity contribution in [1.82, 2.24) is 9.29 Å². The smallest absolute Gasteiger partial charge is 0.293 e. The summed E-state index contributed by atoms with van der Waals surface area (Å²) in [5.41, 5.74) is 0.817. The van der Waals surface area contributed by atoms with Gasteiger partial charge in [0.05, 0.1) is 23.4 Å². The Morgan fingerprint density at radius 2 is 2.04 bits per heavy atom. The Morgan fingerprint density at radius 1 is 1.26 bits per heavy atom. The van der Waals surface area contributed by atoms with Crippen molar-refractivity contribution in [2.75, 3.05) is 11.9 Å². The zero-order valence-corrected chi connectivity index (χ0v) is 17.1. The first-order chi connectivity index (χ1) is 12.9. The summed E-state index contributed by atoms with van der Waals surface area (Å²) < 4.78 is 33.0. The van der Waals surface area contributed by atoms with Gasteiger partial charge in [-0.3, -0.25) is 10.1 Å². The van der Waals surface area contributed by atoms with Crippen LogP contribution in [0.4, 0.5) is 5.13 Å². The summed E-state index contributed by atoms with van der Waals surface area (Å²) in [6, 6.07) is 9.77. The molecule has 0 atom stereocenters. The van der Waals surface area contributed by atoms with Crippen molar-refractivity contribution in [2.24, 2.45) is 0 Å². The van der Waals surface area contributed by atoms with Crippen molar-refractivity contribution in [1.29, 1.82) is 0 Å². The van der Waals surface area contributed by atoms with Crippen LogP contribution in [-0.4, -0.2) is 30.2 Å². The minimum absolute atomic E-state index is 0.197. The fourth-order valence-electron chi connectivity index (χ4n) is 2.75. The number of thiazole rings is 1. The number of aromatic nitrogens is 1. The number of furan rings is 1. The molecule has 3 heterocycles. The molecule has 1 aliphatic heterocycles. The molecule has 1 amide bonds. The summed E-state index contributed by atoms with van der Waals surface area (Å²) in [5, 5.41) is 3.13. The van der Waals surface area contributed by atoms with E-state index < -0.39 is 10.0 Å². The lowest BCUT2D eigenvalue weighted by Crippen LogP contribution is -2.35. The van der Waals surface area contributed by atoms with Crippen molar-refractivity contribution in [2.45, 2.75) is 17.9 Å². The van der Waals surface area contributed by atoms with Crippen molar-refractivity contribution >= 4 is 48.3 Å². The van der Waals surface area contributed by atoms with Gasteiger partial charge in [-0.25, -0.2) is 13.4 Å². The van der Waals surface area contributed by atoms with Crippen LogP contribution in [0.3, 0.4) is 0 Å². The Kier molecular flexibility index (Phi) is 4.89. The Morgan fingerprint density at radius 3 is 2.74 bits per heavy atom. The third-order valence-electron chi connectivity index (χ3n) is 4.11. The van der Waals surface area contributed by atoms with Crippen LogP contribution in [0.25, 0.3) is 0 Å². The standard InChI is InChI=1S/C17H14BrN3O4S2/c18-11-3-5-12(6-4-11)27(23,24)21-8-7-13-15(10-21)26-17(19-13)20-16(22)14-2-1-9-25-14/h1-6,9H,7-8,10H2,(H,19,20,22). The molecule has 0 bridgehead atoms. The molecule has 0 spiro atoms. The largest absolute Gasteiger partial charge is 0.459 e. The van der Waals surface area contributed by atoms with E-state index in [4.69, 9.17) is 4.42 Å². The van der Waals surface area contributed by atoms with Crippen LogP contribution in [0.2, 0.25) is 0 Å². The van der Waals surface area contributed by atoms with E-state index in [1.807, 2.05) is 0 Å². The van der Waals surface area contributed by atoms with Crippen LogP contribution in [0.15, 0.2) is 56.4 Å². The Labute approximate surface area is 168 Å². The number of amides is 1. The molecule has 1 aromatic carbocycles. The average Bonchev–Trinajstić information content (AvgIpc) is 3.30. The minimum Gasteiger partial charge on any atom is -0.459 e. The molecule has 0 radical (unpaired) electrons. The number of rotatable bonds is 4. The van der Waals surface area contributed by atoms with Crippen LogP contribution < -0.4 is 5.32 Å². The van der Waals surface area contributed by atoms with Crippen molar-refractivity contribution in [3.63, 3.8) is 0 Å². The van der Waals surface area contributed by atoms with E-state index in [2.05, 4.69) is 26.2 Å². The van der Waals surface area contributed by atoms with Gasteiger partial charge in [-0.05, 0) is 36.4 Å². The van der Waals surface area contributed by atoms with Gasteiger partial charge in [-0.15, -0.1) is 11.3 Å². The molecule has 0 fully saturated rings. The van der Waals surface area contributed by atoms with Crippen LogP contribution in [-0.2, 0) is 23.0 Å². The number of nitrogens with zero attached hydrogens (tertiary/aromatic N) is 2. The Balaban J connectivity index is 1.52. The molecule has 0 aliphatic carbocycles. The van der Waals surface area contributed by atoms with Gasteiger partial charge >= 0.3 is 0 Å². The first-order valence-electron chi connectivity index (χ1n) is 8.02. The highest BCUT2D eigenvalue weighted by Crippen LogP contribution is 2.31. The maximum Gasteiger partial charge on any atom is 0.293 e. The van der Waals surface area contributed by atoms with Gasteiger partial charge in [-0.2, -0.15) is 4.31 Å². The minimum atomic E-state index is -3.58. The molecule has 1 N–H and O–H groups in total. The first-order valence-corrected chi connectivity index (χ1v) is 11.1. The predicted molar refractivity (Wildman–Crippen MR) is 104 cm³/mol. The molecule has 27 heavy (non-hydrogen) atoms. The fraction of sp³-hybridized carbons (Fsp3) is 0.176. The molecule has 0 unspecified atom stereocenters. The monoisotopic (exact) mass is 467 g/mol. The number of benzene rings is 1. The van der Waals surface area contributed by atoms with Crippen molar-refractivity contribution in [3.05, 3.63) is 63.5 Å².